The summed E-state index contributed by atoms with van der Waals surface area (Å²) in [6.07, 6.45) is 4.37. The maximum absolute atomic E-state index is 13.6. The van der Waals surface area contributed by atoms with E-state index in [0.29, 0.717) is 35.4 Å². The van der Waals surface area contributed by atoms with Gasteiger partial charge in [-0.05, 0) is 37.1 Å². The first kappa shape index (κ1) is 18.4. The third-order valence-electron chi connectivity index (χ3n) is 4.94. The van der Waals surface area contributed by atoms with Crippen molar-refractivity contribution in [2.75, 3.05) is 18.8 Å². The van der Waals surface area contributed by atoms with Gasteiger partial charge in [0.05, 0.1) is 16.5 Å². The number of carbonyl (C=O) groups is 1. The van der Waals surface area contributed by atoms with E-state index in [1.54, 1.807) is 15.6 Å². The number of piperidine rings is 1. The van der Waals surface area contributed by atoms with Gasteiger partial charge in [-0.3, -0.25) is 4.79 Å². The Balaban J connectivity index is 1.84. The van der Waals surface area contributed by atoms with Gasteiger partial charge in [-0.15, -0.1) is 0 Å². The van der Waals surface area contributed by atoms with E-state index in [9.17, 15) is 9.18 Å². The monoisotopic (exact) mass is 400 g/mol. The predicted octanol–water partition coefficient (Wildman–Crippen LogP) is 3.22. The van der Waals surface area contributed by atoms with Crippen LogP contribution in [-0.4, -0.2) is 43.6 Å². The second-order valence-corrected chi connectivity index (χ2v) is 7.07. The summed E-state index contributed by atoms with van der Waals surface area (Å²) < 4.78 is 15.4. The number of anilines is 1. The summed E-state index contributed by atoms with van der Waals surface area (Å²) >= 11 is 5.95. The molecule has 1 fully saturated rings. The third-order valence-corrected chi connectivity index (χ3v) is 5.23. The molecule has 2 aromatic heterocycles. The Bertz CT molecular complexity index is 1080. The van der Waals surface area contributed by atoms with Gasteiger partial charge in [-0.1, -0.05) is 18.2 Å². The summed E-state index contributed by atoms with van der Waals surface area (Å²) in [5.74, 6) is -0.341. The Morgan fingerprint density at radius 3 is 2.96 bits per heavy atom. The fourth-order valence-electron chi connectivity index (χ4n) is 3.58. The van der Waals surface area contributed by atoms with Gasteiger partial charge in [-0.25, -0.2) is 19.0 Å². The molecule has 9 heteroatoms. The minimum atomic E-state index is -0.510. The molecule has 144 valence electrons. The summed E-state index contributed by atoms with van der Waals surface area (Å²) in [7, 11) is 0. The quantitative estimate of drug-likeness (QED) is 0.682. The molecule has 7 nitrogen and oxygen atoms in total. The fourth-order valence-corrected chi connectivity index (χ4v) is 3.76. The van der Waals surface area contributed by atoms with Crippen LogP contribution in [0.3, 0.4) is 0 Å². The number of rotatable bonds is 3. The van der Waals surface area contributed by atoms with Gasteiger partial charge in [-0.2, -0.15) is 5.10 Å². The van der Waals surface area contributed by atoms with E-state index in [-0.39, 0.29) is 22.8 Å². The molecule has 0 aliphatic carbocycles. The van der Waals surface area contributed by atoms with Gasteiger partial charge in [0.2, 0.25) is 5.91 Å². The summed E-state index contributed by atoms with van der Waals surface area (Å²) in [5.41, 5.74) is 7.83. The molecule has 28 heavy (non-hydrogen) atoms. The molecule has 1 aliphatic rings. The van der Waals surface area contributed by atoms with Crippen LogP contribution in [0.4, 0.5) is 10.2 Å². The van der Waals surface area contributed by atoms with Gasteiger partial charge in [0.1, 0.15) is 23.7 Å². The molecule has 0 spiro atoms. The second-order valence-electron chi connectivity index (χ2n) is 6.66. The first-order valence-corrected chi connectivity index (χ1v) is 9.23. The van der Waals surface area contributed by atoms with Crippen LogP contribution < -0.4 is 5.73 Å². The molecule has 2 N–H and O–H groups in total. The molecule has 3 aromatic rings. The van der Waals surface area contributed by atoms with E-state index in [4.69, 9.17) is 22.4 Å². The van der Waals surface area contributed by atoms with E-state index in [2.05, 4.69) is 16.5 Å². The molecule has 1 aliphatic heterocycles. The van der Waals surface area contributed by atoms with Crippen LogP contribution in [0.2, 0.25) is 5.02 Å². The Kier molecular flexibility index (Phi) is 4.72. The van der Waals surface area contributed by atoms with Crippen LogP contribution in [-0.2, 0) is 4.79 Å². The maximum Gasteiger partial charge on any atom is 0.246 e. The second kappa shape index (κ2) is 7.20. The molecular weight excluding hydrogens is 383 g/mol. The highest BCUT2D eigenvalue weighted by atomic mass is 35.5. The number of benzene rings is 1. The molecule has 1 aromatic carbocycles. The van der Waals surface area contributed by atoms with Crippen LogP contribution in [0.1, 0.15) is 18.9 Å². The van der Waals surface area contributed by atoms with E-state index < -0.39 is 5.82 Å². The van der Waals surface area contributed by atoms with E-state index in [0.717, 1.165) is 12.8 Å². The number of carbonyl (C=O) groups excluding carboxylic acids is 1. The highest BCUT2D eigenvalue weighted by Crippen LogP contribution is 2.35. The van der Waals surface area contributed by atoms with Crippen LogP contribution in [0.15, 0.2) is 37.2 Å². The van der Waals surface area contributed by atoms with Gasteiger partial charge in [0, 0.05) is 18.7 Å². The van der Waals surface area contributed by atoms with Gasteiger partial charge in [0.25, 0.3) is 0 Å². The van der Waals surface area contributed by atoms with Crippen molar-refractivity contribution in [3.63, 3.8) is 0 Å². The van der Waals surface area contributed by atoms with Crippen molar-refractivity contribution in [2.45, 2.75) is 18.9 Å². The summed E-state index contributed by atoms with van der Waals surface area (Å²) in [5, 5.41) is 5.30. The molecule has 1 saturated heterocycles. The Hall–Kier alpha value is -3.00. The normalized spacial score (nSPS) is 17.1. The van der Waals surface area contributed by atoms with Crippen LogP contribution >= 0.6 is 11.6 Å². The number of hydrogen-bond donors (Lipinski definition) is 1. The Morgan fingerprint density at radius 1 is 1.39 bits per heavy atom. The number of fused-ring (bicyclic) bond motifs is 1. The lowest BCUT2D eigenvalue weighted by Gasteiger charge is -2.32. The summed E-state index contributed by atoms with van der Waals surface area (Å²) in [6.45, 7) is 4.73. The lowest BCUT2D eigenvalue weighted by atomic mass is 10.1. The molecule has 1 amide bonds. The number of nitrogens with zero attached hydrogens (tertiary/aromatic N) is 5. The average Bonchev–Trinajstić information content (AvgIpc) is 3.10. The number of hydrogen-bond acceptors (Lipinski definition) is 5. The van der Waals surface area contributed by atoms with Crippen molar-refractivity contribution >= 4 is 34.4 Å². The van der Waals surface area contributed by atoms with Crippen molar-refractivity contribution in [2.24, 2.45) is 0 Å². The zero-order valence-electron chi connectivity index (χ0n) is 15.0. The molecular formula is C19H18ClFN6O. The number of nitrogen functional groups attached to an aromatic ring is 1. The lowest BCUT2D eigenvalue weighted by Crippen LogP contribution is -2.40. The van der Waals surface area contributed by atoms with E-state index in [1.807, 2.05) is 0 Å². The van der Waals surface area contributed by atoms with Crippen molar-refractivity contribution in [1.29, 1.82) is 0 Å². The zero-order chi connectivity index (χ0) is 19.8. The van der Waals surface area contributed by atoms with Crippen LogP contribution in [0.25, 0.3) is 22.3 Å². The first-order valence-electron chi connectivity index (χ1n) is 8.85. The number of likely N-dealkylation sites (tertiary alicyclic amines) is 1. The third kappa shape index (κ3) is 3.09. The largest absolute Gasteiger partial charge is 0.383 e. The maximum atomic E-state index is 13.6. The fraction of sp³-hybridized carbons (Fsp3) is 0.263. The number of amides is 1. The van der Waals surface area contributed by atoms with Crippen molar-refractivity contribution in [3.05, 3.63) is 48.0 Å². The molecule has 0 bridgehead atoms. The number of nitrogens with two attached hydrogens (primary N) is 1. The highest BCUT2D eigenvalue weighted by molar-refractivity contribution is 6.31. The molecule has 0 saturated carbocycles. The number of aromatic nitrogens is 4. The highest BCUT2D eigenvalue weighted by Gasteiger charge is 2.28. The van der Waals surface area contributed by atoms with Crippen molar-refractivity contribution in [3.8, 4) is 11.3 Å². The van der Waals surface area contributed by atoms with Crippen molar-refractivity contribution < 1.29 is 9.18 Å². The molecule has 1 atom stereocenters. The van der Waals surface area contributed by atoms with Gasteiger partial charge >= 0.3 is 0 Å². The zero-order valence-corrected chi connectivity index (χ0v) is 15.7. The summed E-state index contributed by atoms with van der Waals surface area (Å²) in [6, 6.07) is 4.31. The molecule has 0 radical (unpaired) electrons. The standard InChI is InChI=1S/C19H18ClFN6O/c1-2-15(28)26-7-3-4-12(9-26)27-19-16(18(22)23-10-24-19)17(25-27)11-5-6-14(21)13(20)8-11/h2,5-6,8,10,12H,1,3-4,7,9H2,(H2,22,23,24). The van der Waals surface area contributed by atoms with Gasteiger partial charge < -0.3 is 10.6 Å². The first-order chi connectivity index (χ1) is 13.5. The van der Waals surface area contributed by atoms with Gasteiger partial charge in [0.15, 0.2) is 5.65 Å². The minimum Gasteiger partial charge on any atom is -0.383 e. The topological polar surface area (TPSA) is 89.9 Å². The lowest BCUT2D eigenvalue weighted by molar-refractivity contribution is -0.127. The van der Waals surface area contributed by atoms with Crippen LogP contribution in [0.5, 0.6) is 0 Å². The smallest absolute Gasteiger partial charge is 0.246 e. The average molecular weight is 401 g/mol. The number of halogens is 2. The van der Waals surface area contributed by atoms with E-state index >= 15 is 0 Å². The van der Waals surface area contributed by atoms with Crippen LogP contribution in [0, 0.1) is 5.82 Å². The van der Waals surface area contributed by atoms with Crippen molar-refractivity contribution in [1.82, 2.24) is 24.6 Å². The molecule has 1 unspecified atom stereocenters. The molecule has 3 heterocycles. The minimum absolute atomic E-state index is 0.00366. The SMILES string of the molecule is C=CC(=O)N1CCCC(n2nc(-c3ccc(F)c(Cl)c3)c3c(N)ncnc32)C1. The Morgan fingerprint density at radius 2 is 2.21 bits per heavy atom. The predicted molar refractivity (Wildman–Crippen MR) is 105 cm³/mol. The molecule has 4 rings (SSSR count). The Labute approximate surface area is 165 Å². The van der Waals surface area contributed by atoms with E-state index in [1.165, 1.54) is 24.5 Å². The summed E-state index contributed by atoms with van der Waals surface area (Å²) in [4.78, 5) is 22.2.